The molecule has 14 heavy (non-hydrogen) atoms. The summed E-state index contributed by atoms with van der Waals surface area (Å²) in [7, 11) is 2.04. The average molecular weight is 191 g/mol. The van der Waals surface area contributed by atoms with Crippen molar-refractivity contribution in [1.29, 1.82) is 0 Å². The molecule has 0 aromatic heterocycles. The Balaban J connectivity index is 2.30. The topological polar surface area (TPSA) is 40.5 Å². The average Bonchev–Trinajstić information content (AvgIpc) is 2.47. The molecule has 0 atom stereocenters. The lowest BCUT2D eigenvalue weighted by Crippen LogP contribution is -2.12. The number of carboxylic acids is 1. The van der Waals surface area contributed by atoms with E-state index in [9.17, 15) is 4.79 Å². The molecule has 0 radical (unpaired) electrons. The third-order valence-electron chi connectivity index (χ3n) is 2.63. The molecule has 1 aliphatic rings. The summed E-state index contributed by atoms with van der Waals surface area (Å²) in [6.45, 7) is 1.03. The number of fused-ring (bicyclic) bond motifs is 1. The Labute approximate surface area is 83.0 Å². The van der Waals surface area contributed by atoms with Crippen molar-refractivity contribution in [1.82, 2.24) is 0 Å². The van der Waals surface area contributed by atoms with Crippen molar-refractivity contribution in [3.63, 3.8) is 0 Å². The maximum atomic E-state index is 10.5. The number of nitrogens with zero attached hydrogens (tertiary/aromatic N) is 1. The first-order valence-electron chi connectivity index (χ1n) is 4.71. The lowest BCUT2D eigenvalue weighted by molar-refractivity contribution is -0.136. The number of aliphatic carboxylic acids is 1. The standard InChI is InChI=1S/C11H13NO2/c1-12-5-4-9-3-2-8(6-10(9)12)7-11(13)14/h2-3,6H,4-5,7H2,1H3,(H,13,14). The Morgan fingerprint density at radius 1 is 1.57 bits per heavy atom. The Hall–Kier alpha value is -1.51. The quantitative estimate of drug-likeness (QED) is 0.766. The molecule has 2 rings (SSSR count). The Morgan fingerprint density at radius 2 is 2.36 bits per heavy atom. The molecule has 1 aromatic rings. The van der Waals surface area contributed by atoms with Gasteiger partial charge in [-0.2, -0.15) is 0 Å². The van der Waals surface area contributed by atoms with Gasteiger partial charge in [-0.25, -0.2) is 0 Å². The molecule has 3 nitrogen and oxygen atoms in total. The molecule has 1 aromatic carbocycles. The van der Waals surface area contributed by atoms with Crippen molar-refractivity contribution >= 4 is 11.7 Å². The van der Waals surface area contributed by atoms with E-state index in [1.807, 2.05) is 25.2 Å². The van der Waals surface area contributed by atoms with Crippen molar-refractivity contribution in [2.24, 2.45) is 0 Å². The minimum Gasteiger partial charge on any atom is -0.481 e. The summed E-state index contributed by atoms with van der Waals surface area (Å²) in [5.41, 5.74) is 3.38. The molecule has 0 fully saturated rings. The van der Waals surface area contributed by atoms with Crippen LogP contribution in [0, 0.1) is 0 Å². The number of anilines is 1. The zero-order valence-electron chi connectivity index (χ0n) is 8.16. The molecule has 0 saturated heterocycles. The fourth-order valence-electron chi connectivity index (χ4n) is 1.87. The van der Waals surface area contributed by atoms with Crippen LogP contribution in [-0.2, 0) is 17.6 Å². The molecule has 0 spiro atoms. The normalized spacial score (nSPS) is 14.2. The largest absolute Gasteiger partial charge is 0.481 e. The highest BCUT2D eigenvalue weighted by atomic mass is 16.4. The van der Waals surface area contributed by atoms with Crippen LogP contribution in [0.15, 0.2) is 18.2 Å². The fourth-order valence-corrected chi connectivity index (χ4v) is 1.87. The monoisotopic (exact) mass is 191 g/mol. The lowest BCUT2D eigenvalue weighted by Gasteiger charge is -2.12. The smallest absolute Gasteiger partial charge is 0.307 e. The highest BCUT2D eigenvalue weighted by molar-refractivity contribution is 5.71. The summed E-state index contributed by atoms with van der Waals surface area (Å²) in [6, 6.07) is 5.93. The molecule has 1 aliphatic heterocycles. The summed E-state index contributed by atoms with van der Waals surface area (Å²) in [5, 5.41) is 8.67. The summed E-state index contributed by atoms with van der Waals surface area (Å²) in [6.07, 6.45) is 1.18. The van der Waals surface area contributed by atoms with E-state index < -0.39 is 5.97 Å². The van der Waals surface area contributed by atoms with Gasteiger partial charge in [0.05, 0.1) is 6.42 Å². The molecule has 0 saturated carbocycles. The van der Waals surface area contributed by atoms with Gasteiger partial charge < -0.3 is 10.0 Å². The van der Waals surface area contributed by atoms with E-state index in [-0.39, 0.29) is 6.42 Å². The Bertz CT molecular complexity index is 374. The van der Waals surface area contributed by atoms with E-state index in [2.05, 4.69) is 4.90 Å². The summed E-state index contributed by atoms with van der Waals surface area (Å²) >= 11 is 0. The van der Waals surface area contributed by atoms with Crippen LogP contribution in [0.5, 0.6) is 0 Å². The van der Waals surface area contributed by atoms with Gasteiger partial charge in [0.1, 0.15) is 0 Å². The van der Waals surface area contributed by atoms with E-state index in [0.29, 0.717) is 0 Å². The van der Waals surface area contributed by atoms with E-state index in [4.69, 9.17) is 5.11 Å². The van der Waals surface area contributed by atoms with E-state index in [1.165, 1.54) is 11.3 Å². The predicted molar refractivity (Wildman–Crippen MR) is 54.8 cm³/mol. The molecule has 0 unspecified atom stereocenters. The second-order valence-corrected chi connectivity index (χ2v) is 3.71. The van der Waals surface area contributed by atoms with Gasteiger partial charge in [0.2, 0.25) is 0 Å². The van der Waals surface area contributed by atoms with Crippen LogP contribution in [0.3, 0.4) is 0 Å². The predicted octanol–water partition coefficient (Wildman–Crippen LogP) is 1.31. The zero-order valence-corrected chi connectivity index (χ0v) is 8.16. The Kier molecular flexibility index (Phi) is 2.15. The first-order valence-corrected chi connectivity index (χ1v) is 4.71. The third kappa shape index (κ3) is 1.58. The first kappa shape index (κ1) is 9.06. The maximum absolute atomic E-state index is 10.5. The maximum Gasteiger partial charge on any atom is 0.307 e. The van der Waals surface area contributed by atoms with Crippen LogP contribution in [0.4, 0.5) is 5.69 Å². The van der Waals surface area contributed by atoms with Crippen LogP contribution in [0.25, 0.3) is 0 Å². The number of rotatable bonds is 2. The zero-order chi connectivity index (χ0) is 10.1. The lowest BCUT2D eigenvalue weighted by atomic mass is 10.1. The number of likely N-dealkylation sites (N-methyl/N-ethyl adjacent to an activating group) is 1. The van der Waals surface area contributed by atoms with Crippen molar-refractivity contribution in [3.05, 3.63) is 29.3 Å². The summed E-state index contributed by atoms with van der Waals surface area (Å²) in [4.78, 5) is 12.7. The molecule has 3 heteroatoms. The van der Waals surface area contributed by atoms with Gasteiger partial charge in [-0.05, 0) is 23.6 Å². The first-order chi connectivity index (χ1) is 6.66. The molecule has 0 amide bonds. The van der Waals surface area contributed by atoms with Crippen LogP contribution < -0.4 is 4.90 Å². The molecule has 1 heterocycles. The van der Waals surface area contributed by atoms with Crippen LogP contribution in [0.1, 0.15) is 11.1 Å². The minimum absolute atomic E-state index is 0.112. The van der Waals surface area contributed by atoms with Gasteiger partial charge in [0.25, 0.3) is 0 Å². The van der Waals surface area contributed by atoms with Crippen molar-refractivity contribution < 1.29 is 9.90 Å². The van der Waals surface area contributed by atoms with Crippen LogP contribution in [-0.4, -0.2) is 24.7 Å². The molecule has 0 bridgehead atoms. The Morgan fingerprint density at radius 3 is 3.07 bits per heavy atom. The van der Waals surface area contributed by atoms with Crippen LogP contribution in [0.2, 0.25) is 0 Å². The van der Waals surface area contributed by atoms with Gasteiger partial charge in [-0.3, -0.25) is 4.79 Å². The van der Waals surface area contributed by atoms with Crippen LogP contribution >= 0.6 is 0 Å². The van der Waals surface area contributed by atoms with Gasteiger partial charge >= 0.3 is 5.97 Å². The van der Waals surface area contributed by atoms with Crippen molar-refractivity contribution in [3.8, 4) is 0 Å². The SMILES string of the molecule is CN1CCc2ccc(CC(=O)O)cc21. The number of hydrogen-bond acceptors (Lipinski definition) is 2. The van der Waals surface area contributed by atoms with Gasteiger partial charge in [0, 0.05) is 19.3 Å². The second-order valence-electron chi connectivity index (χ2n) is 3.71. The number of carboxylic acid groups (broad SMARTS) is 1. The van der Waals surface area contributed by atoms with E-state index in [1.54, 1.807) is 0 Å². The minimum atomic E-state index is -0.773. The van der Waals surface area contributed by atoms with Gasteiger partial charge in [0.15, 0.2) is 0 Å². The number of hydrogen-bond donors (Lipinski definition) is 1. The number of benzene rings is 1. The highest BCUT2D eigenvalue weighted by Gasteiger charge is 2.15. The van der Waals surface area contributed by atoms with Gasteiger partial charge in [-0.15, -0.1) is 0 Å². The summed E-state index contributed by atoms with van der Waals surface area (Å²) < 4.78 is 0. The number of carbonyl (C=O) groups is 1. The second kappa shape index (κ2) is 3.33. The van der Waals surface area contributed by atoms with Crippen molar-refractivity contribution in [2.75, 3.05) is 18.5 Å². The van der Waals surface area contributed by atoms with E-state index >= 15 is 0 Å². The molecule has 74 valence electrons. The highest BCUT2D eigenvalue weighted by Crippen LogP contribution is 2.27. The fraction of sp³-hybridized carbons (Fsp3) is 0.364. The molecule has 1 N–H and O–H groups in total. The van der Waals surface area contributed by atoms with Gasteiger partial charge in [-0.1, -0.05) is 12.1 Å². The van der Waals surface area contributed by atoms with Crippen molar-refractivity contribution in [2.45, 2.75) is 12.8 Å². The molecular formula is C11H13NO2. The third-order valence-corrected chi connectivity index (χ3v) is 2.63. The molecule has 0 aliphatic carbocycles. The molecular weight excluding hydrogens is 178 g/mol. The van der Waals surface area contributed by atoms with E-state index in [0.717, 1.165) is 18.5 Å². The summed E-state index contributed by atoms with van der Waals surface area (Å²) in [5.74, 6) is -0.773.